The fourth-order valence-corrected chi connectivity index (χ4v) is 3.58. The predicted molar refractivity (Wildman–Crippen MR) is 107 cm³/mol. The molecule has 29 heavy (non-hydrogen) atoms. The Labute approximate surface area is 169 Å². The monoisotopic (exact) mass is 395 g/mol. The molecule has 0 spiro atoms. The van der Waals surface area contributed by atoms with E-state index in [9.17, 15) is 4.79 Å². The molecule has 0 fully saturated rings. The first-order valence-corrected chi connectivity index (χ1v) is 9.58. The number of carbonyl (C=O) groups excluding carboxylic acids is 1. The van der Waals surface area contributed by atoms with Crippen molar-refractivity contribution >= 4 is 5.91 Å². The Balaban J connectivity index is 1.60. The zero-order valence-corrected chi connectivity index (χ0v) is 17.1. The fourth-order valence-electron chi connectivity index (χ4n) is 3.58. The highest BCUT2D eigenvalue weighted by Gasteiger charge is 2.29. The minimum atomic E-state index is -0.272. The third-order valence-corrected chi connectivity index (χ3v) is 5.25. The van der Waals surface area contributed by atoms with Crippen LogP contribution in [-0.2, 0) is 20.6 Å². The number of imidazole rings is 1. The maximum atomic E-state index is 13.5. The van der Waals surface area contributed by atoms with Crippen LogP contribution >= 0.6 is 0 Å². The van der Waals surface area contributed by atoms with E-state index >= 15 is 0 Å². The molecule has 0 unspecified atom stereocenters. The minimum Gasteiger partial charge on any atom is -0.486 e. The van der Waals surface area contributed by atoms with Gasteiger partial charge in [-0.15, -0.1) is 0 Å². The van der Waals surface area contributed by atoms with E-state index in [1.165, 1.54) is 0 Å². The molecule has 1 aliphatic rings. The van der Waals surface area contributed by atoms with Crippen LogP contribution in [0.1, 0.15) is 27.6 Å². The molecule has 8 nitrogen and oxygen atoms in total. The summed E-state index contributed by atoms with van der Waals surface area (Å²) in [4.78, 5) is 19.6. The van der Waals surface area contributed by atoms with Crippen molar-refractivity contribution in [1.29, 1.82) is 0 Å². The number of fused-ring (bicyclic) bond motifs is 1. The van der Waals surface area contributed by atoms with Gasteiger partial charge in [-0.05, 0) is 26.0 Å². The largest absolute Gasteiger partial charge is 0.486 e. The molecule has 1 atom stereocenters. The van der Waals surface area contributed by atoms with Gasteiger partial charge in [-0.1, -0.05) is 12.1 Å². The quantitative estimate of drug-likeness (QED) is 0.662. The summed E-state index contributed by atoms with van der Waals surface area (Å²) in [7, 11) is 3.76. The topological polar surface area (TPSA) is 74.4 Å². The van der Waals surface area contributed by atoms with Crippen LogP contribution in [0.4, 0.5) is 0 Å². The number of para-hydroxylation sites is 2. The number of aryl methyl sites for hydroxylation is 3. The van der Waals surface area contributed by atoms with E-state index in [1.54, 1.807) is 15.8 Å². The number of amides is 1. The Morgan fingerprint density at radius 2 is 2.00 bits per heavy atom. The number of hydrogen-bond acceptors (Lipinski definition) is 5. The van der Waals surface area contributed by atoms with Crippen molar-refractivity contribution in [3.05, 3.63) is 59.4 Å². The zero-order valence-electron chi connectivity index (χ0n) is 17.1. The maximum Gasteiger partial charge on any atom is 0.258 e. The van der Waals surface area contributed by atoms with Crippen LogP contribution in [0.5, 0.6) is 11.5 Å². The Hall–Kier alpha value is -3.29. The van der Waals surface area contributed by atoms with Crippen molar-refractivity contribution < 1.29 is 14.3 Å². The van der Waals surface area contributed by atoms with Crippen LogP contribution < -0.4 is 9.47 Å². The van der Waals surface area contributed by atoms with Crippen LogP contribution in [0.3, 0.4) is 0 Å². The molecule has 152 valence electrons. The highest BCUT2D eigenvalue weighted by molar-refractivity contribution is 5.96. The third kappa shape index (κ3) is 3.70. The predicted octanol–water partition coefficient (Wildman–Crippen LogP) is 2.25. The molecular weight excluding hydrogens is 370 g/mol. The molecule has 1 aromatic carbocycles. The SMILES string of the molecule is Cc1nn(C)c(C)c1C(=O)N(Cc1nccn1C)C[C@H]1COc2ccccc2O1. The second kappa shape index (κ2) is 7.62. The lowest BCUT2D eigenvalue weighted by atomic mass is 10.1. The molecule has 3 heterocycles. The van der Waals surface area contributed by atoms with Gasteiger partial charge in [0, 0.05) is 32.2 Å². The van der Waals surface area contributed by atoms with E-state index in [0.29, 0.717) is 36.7 Å². The van der Waals surface area contributed by atoms with Crippen molar-refractivity contribution in [2.75, 3.05) is 13.2 Å². The summed E-state index contributed by atoms with van der Waals surface area (Å²) in [6.07, 6.45) is 3.33. The third-order valence-electron chi connectivity index (χ3n) is 5.25. The van der Waals surface area contributed by atoms with E-state index in [1.807, 2.05) is 63.0 Å². The van der Waals surface area contributed by atoms with E-state index in [0.717, 1.165) is 17.3 Å². The van der Waals surface area contributed by atoms with Gasteiger partial charge in [-0.3, -0.25) is 9.48 Å². The molecule has 2 aromatic heterocycles. The minimum absolute atomic E-state index is 0.0847. The first-order chi connectivity index (χ1) is 13.9. The van der Waals surface area contributed by atoms with Gasteiger partial charge in [0.05, 0.1) is 24.3 Å². The molecule has 0 bridgehead atoms. The van der Waals surface area contributed by atoms with Crippen molar-refractivity contribution in [3.8, 4) is 11.5 Å². The van der Waals surface area contributed by atoms with E-state index in [-0.39, 0.29) is 12.0 Å². The Kier molecular flexibility index (Phi) is 5.00. The first kappa shape index (κ1) is 19.0. The van der Waals surface area contributed by atoms with E-state index < -0.39 is 0 Å². The van der Waals surface area contributed by atoms with Crippen molar-refractivity contribution in [2.24, 2.45) is 14.1 Å². The van der Waals surface area contributed by atoms with Gasteiger partial charge in [0.25, 0.3) is 5.91 Å². The number of benzene rings is 1. The van der Waals surface area contributed by atoms with Crippen molar-refractivity contribution in [1.82, 2.24) is 24.2 Å². The van der Waals surface area contributed by atoms with Gasteiger partial charge >= 0.3 is 0 Å². The molecular formula is C21H25N5O3. The number of aromatic nitrogens is 4. The van der Waals surface area contributed by atoms with Crippen molar-refractivity contribution in [3.63, 3.8) is 0 Å². The summed E-state index contributed by atoms with van der Waals surface area (Å²) in [5.41, 5.74) is 2.17. The number of rotatable bonds is 5. The summed E-state index contributed by atoms with van der Waals surface area (Å²) in [6.45, 7) is 4.90. The normalized spacial score (nSPS) is 15.4. The summed E-state index contributed by atoms with van der Waals surface area (Å²) < 4.78 is 15.6. The lowest BCUT2D eigenvalue weighted by Crippen LogP contribution is -2.44. The molecule has 0 radical (unpaired) electrons. The summed E-state index contributed by atoms with van der Waals surface area (Å²) >= 11 is 0. The van der Waals surface area contributed by atoms with Crippen LogP contribution in [0.2, 0.25) is 0 Å². The standard InChI is InChI=1S/C21H25N5O3/c1-14-20(15(2)25(4)23-14)21(27)26(12-19-22-9-10-24(19)3)11-16-13-28-17-7-5-6-8-18(17)29-16/h5-10,16H,11-13H2,1-4H3/t16-/m0/s1. The summed E-state index contributed by atoms with van der Waals surface area (Å²) in [5.74, 6) is 2.14. The number of carbonyl (C=O) groups is 1. The lowest BCUT2D eigenvalue weighted by molar-refractivity contribution is 0.0435. The molecule has 1 amide bonds. The maximum absolute atomic E-state index is 13.5. The molecule has 8 heteroatoms. The second-order valence-corrected chi connectivity index (χ2v) is 7.31. The van der Waals surface area contributed by atoms with Gasteiger partial charge in [-0.25, -0.2) is 4.98 Å². The summed E-state index contributed by atoms with van der Waals surface area (Å²) in [5, 5.41) is 4.40. The average Bonchev–Trinajstić information content (AvgIpc) is 3.22. The number of hydrogen-bond donors (Lipinski definition) is 0. The molecule has 0 N–H and O–H groups in total. The number of nitrogens with zero attached hydrogens (tertiary/aromatic N) is 5. The lowest BCUT2D eigenvalue weighted by Gasteiger charge is -2.31. The van der Waals surface area contributed by atoms with Gasteiger partial charge in [-0.2, -0.15) is 5.10 Å². The second-order valence-electron chi connectivity index (χ2n) is 7.31. The molecule has 1 aliphatic heterocycles. The van der Waals surface area contributed by atoms with Gasteiger partial charge in [0.2, 0.25) is 0 Å². The average molecular weight is 395 g/mol. The zero-order chi connectivity index (χ0) is 20.5. The molecule has 4 rings (SSSR count). The van der Waals surface area contributed by atoms with Crippen LogP contribution in [-0.4, -0.2) is 49.4 Å². The van der Waals surface area contributed by atoms with E-state index in [4.69, 9.17) is 9.47 Å². The Morgan fingerprint density at radius 3 is 2.66 bits per heavy atom. The molecule has 3 aromatic rings. The van der Waals surface area contributed by atoms with Crippen molar-refractivity contribution in [2.45, 2.75) is 26.5 Å². The highest BCUT2D eigenvalue weighted by Crippen LogP contribution is 2.31. The fraction of sp³-hybridized carbons (Fsp3) is 0.381. The van der Waals surface area contributed by atoms with Crippen LogP contribution in [0, 0.1) is 13.8 Å². The van der Waals surface area contributed by atoms with Gasteiger partial charge in [0.1, 0.15) is 12.4 Å². The van der Waals surface area contributed by atoms with Gasteiger partial charge < -0.3 is 18.9 Å². The Bertz CT molecular complexity index is 1040. The molecule has 0 saturated carbocycles. The molecule has 0 saturated heterocycles. The number of ether oxygens (including phenoxy) is 2. The van der Waals surface area contributed by atoms with Crippen LogP contribution in [0.15, 0.2) is 36.7 Å². The smallest absolute Gasteiger partial charge is 0.258 e. The molecule has 0 aliphatic carbocycles. The highest BCUT2D eigenvalue weighted by atomic mass is 16.6. The van der Waals surface area contributed by atoms with E-state index in [2.05, 4.69) is 10.1 Å². The van der Waals surface area contributed by atoms with Gasteiger partial charge in [0.15, 0.2) is 17.6 Å². The first-order valence-electron chi connectivity index (χ1n) is 9.58. The summed E-state index contributed by atoms with van der Waals surface area (Å²) in [6, 6.07) is 7.57. The Morgan fingerprint density at radius 1 is 1.24 bits per heavy atom. The van der Waals surface area contributed by atoms with Crippen LogP contribution in [0.25, 0.3) is 0 Å².